The topological polar surface area (TPSA) is 79.2 Å². The second-order valence-corrected chi connectivity index (χ2v) is 5.90. The lowest BCUT2D eigenvalue weighted by molar-refractivity contribution is 0.142. The predicted octanol–water partition coefficient (Wildman–Crippen LogP) is 1.44. The molecule has 3 N–H and O–H groups in total. The average molecular weight is 314 g/mol. The van der Waals surface area contributed by atoms with E-state index in [1.807, 2.05) is 44.4 Å². The van der Waals surface area contributed by atoms with Gasteiger partial charge in [0.15, 0.2) is 0 Å². The van der Waals surface area contributed by atoms with Crippen molar-refractivity contribution in [3.05, 3.63) is 52.8 Å². The molecule has 0 saturated heterocycles. The first-order valence-electron chi connectivity index (χ1n) is 7.90. The normalized spacial score (nSPS) is 19.4. The Morgan fingerprint density at radius 2 is 2.22 bits per heavy atom. The number of hydrogen-bond acceptors (Lipinski definition) is 3. The number of hydrogen-bond donors (Lipinski definition) is 3. The van der Waals surface area contributed by atoms with Gasteiger partial charge in [-0.25, -0.2) is 4.79 Å². The van der Waals surface area contributed by atoms with Gasteiger partial charge in [0, 0.05) is 31.8 Å². The molecular formula is C17H22N4O2. The van der Waals surface area contributed by atoms with Crippen molar-refractivity contribution in [2.45, 2.75) is 38.5 Å². The lowest BCUT2D eigenvalue weighted by Crippen LogP contribution is -2.40. The van der Waals surface area contributed by atoms with Crippen LogP contribution >= 0.6 is 0 Å². The van der Waals surface area contributed by atoms with E-state index in [-0.39, 0.29) is 12.1 Å². The number of benzene rings is 1. The fraction of sp³-hybridized carbons (Fsp3) is 0.412. The number of carbonyl (C=O) groups is 1. The van der Waals surface area contributed by atoms with E-state index in [0.717, 1.165) is 28.8 Å². The van der Waals surface area contributed by atoms with E-state index in [1.165, 1.54) is 0 Å². The van der Waals surface area contributed by atoms with Crippen LogP contribution in [0, 0.1) is 0 Å². The van der Waals surface area contributed by atoms with Gasteiger partial charge < -0.3 is 15.7 Å². The monoisotopic (exact) mass is 314 g/mol. The summed E-state index contributed by atoms with van der Waals surface area (Å²) in [6.45, 7) is 2.46. The maximum atomic E-state index is 12.2. The van der Waals surface area contributed by atoms with Crippen molar-refractivity contribution in [2.75, 3.05) is 0 Å². The van der Waals surface area contributed by atoms with Crippen LogP contribution in [0.3, 0.4) is 0 Å². The van der Waals surface area contributed by atoms with Gasteiger partial charge in [0.05, 0.1) is 17.8 Å². The highest BCUT2D eigenvalue weighted by Crippen LogP contribution is 2.31. The largest absolute Gasteiger partial charge is 0.390 e. The molecule has 2 amide bonds. The Morgan fingerprint density at radius 3 is 3.00 bits per heavy atom. The lowest BCUT2D eigenvalue weighted by Gasteiger charge is -2.18. The number of amides is 2. The molecule has 1 aliphatic carbocycles. The summed E-state index contributed by atoms with van der Waals surface area (Å²) in [4.78, 5) is 12.2. The Morgan fingerprint density at radius 1 is 1.43 bits per heavy atom. The SMILES string of the molecule is CCc1nn(C)cc1CNC(=O)NC1c2ccccc2CC1O. The highest BCUT2D eigenvalue weighted by molar-refractivity contribution is 5.74. The summed E-state index contributed by atoms with van der Waals surface area (Å²) in [5.41, 5.74) is 4.08. The van der Waals surface area contributed by atoms with Gasteiger partial charge in [-0.05, 0) is 17.5 Å². The number of rotatable bonds is 4. The number of nitrogens with zero attached hydrogens (tertiary/aromatic N) is 2. The first-order valence-corrected chi connectivity index (χ1v) is 7.90. The molecule has 0 spiro atoms. The molecule has 1 aliphatic rings. The standard InChI is InChI=1S/C17H22N4O2/c1-3-14-12(10-21(2)20-14)9-18-17(23)19-16-13-7-5-4-6-11(13)8-15(16)22/h4-7,10,15-16,22H,3,8-9H2,1-2H3,(H2,18,19,23). The van der Waals surface area contributed by atoms with Gasteiger partial charge in [-0.15, -0.1) is 0 Å². The second kappa shape index (κ2) is 6.42. The molecule has 2 unspecified atom stereocenters. The Hall–Kier alpha value is -2.34. The van der Waals surface area contributed by atoms with E-state index in [4.69, 9.17) is 0 Å². The molecule has 0 fully saturated rings. The molecule has 0 aliphatic heterocycles. The molecule has 1 aromatic carbocycles. The molecule has 122 valence electrons. The average Bonchev–Trinajstić information content (AvgIpc) is 3.05. The van der Waals surface area contributed by atoms with E-state index in [0.29, 0.717) is 13.0 Å². The van der Waals surface area contributed by atoms with Gasteiger partial charge in [-0.1, -0.05) is 31.2 Å². The molecule has 0 saturated carbocycles. The van der Waals surface area contributed by atoms with Crippen molar-refractivity contribution in [3.8, 4) is 0 Å². The van der Waals surface area contributed by atoms with E-state index in [2.05, 4.69) is 15.7 Å². The Kier molecular flexibility index (Phi) is 4.34. The van der Waals surface area contributed by atoms with Crippen LogP contribution in [0.1, 0.15) is 35.3 Å². The molecule has 2 aromatic rings. The number of aryl methyl sites for hydroxylation is 2. The van der Waals surface area contributed by atoms with E-state index < -0.39 is 6.10 Å². The zero-order valence-electron chi connectivity index (χ0n) is 13.4. The third-order valence-corrected chi connectivity index (χ3v) is 4.26. The minimum atomic E-state index is -0.581. The summed E-state index contributed by atoms with van der Waals surface area (Å²) in [5, 5.41) is 20.3. The van der Waals surface area contributed by atoms with E-state index >= 15 is 0 Å². The van der Waals surface area contributed by atoms with Gasteiger partial charge in [0.2, 0.25) is 0 Å². The van der Waals surface area contributed by atoms with Gasteiger partial charge in [0.25, 0.3) is 0 Å². The number of fused-ring (bicyclic) bond motifs is 1. The Balaban J connectivity index is 1.62. The summed E-state index contributed by atoms with van der Waals surface area (Å²) in [5.74, 6) is 0. The first-order chi connectivity index (χ1) is 11.1. The Bertz CT molecular complexity index is 710. The van der Waals surface area contributed by atoms with Crippen LogP contribution in [-0.2, 0) is 26.4 Å². The van der Waals surface area contributed by atoms with Gasteiger partial charge in [-0.2, -0.15) is 5.10 Å². The summed E-state index contributed by atoms with van der Waals surface area (Å²) in [6, 6.07) is 7.17. The van der Waals surface area contributed by atoms with Crippen molar-refractivity contribution in [2.24, 2.45) is 7.05 Å². The first kappa shape index (κ1) is 15.6. The minimum Gasteiger partial charge on any atom is -0.390 e. The van der Waals surface area contributed by atoms with Crippen LogP contribution in [0.2, 0.25) is 0 Å². The number of aliphatic hydroxyl groups is 1. The molecule has 3 rings (SSSR count). The summed E-state index contributed by atoms with van der Waals surface area (Å²) in [6.07, 6.45) is 2.74. The number of carbonyl (C=O) groups excluding carboxylic acids is 1. The zero-order valence-corrected chi connectivity index (χ0v) is 13.4. The molecule has 6 nitrogen and oxygen atoms in total. The molecule has 23 heavy (non-hydrogen) atoms. The number of aliphatic hydroxyl groups excluding tert-OH is 1. The van der Waals surface area contributed by atoms with Crippen LogP contribution in [0.5, 0.6) is 0 Å². The predicted molar refractivity (Wildman–Crippen MR) is 86.9 cm³/mol. The lowest BCUT2D eigenvalue weighted by atomic mass is 10.1. The number of aromatic nitrogens is 2. The molecule has 2 atom stereocenters. The third-order valence-electron chi connectivity index (χ3n) is 4.26. The van der Waals surface area contributed by atoms with Crippen molar-refractivity contribution in [1.29, 1.82) is 0 Å². The van der Waals surface area contributed by atoms with Crippen LogP contribution in [-0.4, -0.2) is 27.0 Å². The number of nitrogens with one attached hydrogen (secondary N) is 2. The summed E-state index contributed by atoms with van der Waals surface area (Å²) in [7, 11) is 1.87. The fourth-order valence-corrected chi connectivity index (χ4v) is 3.14. The second-order valence-electron chi connectivity index (χ2n) is 5.90. The summed E-state index contributed by atoms with van der Waals surface area (Å²) >= 11 is 0. The van der Waals surface area contributed by atoms with Crippen LogP contribution in [0.15, 0.2) is 30.5 Å². The highest BCUT2D eigenvalue weighted by atomic mass is 16.3. The van der Waals surface area contributed by atoms with Crippen molar-refractivity contribution >= 4 is 6.03 Å². The smallest absolute Gasteiger partial charge is 0.315 e. The quantitative estimate of drug-likeness (QED) is 0.799. The van der Waals surface area contributed by atoms with Crippen LogP contribution < -0.4 is 10.6 Å². The highest BCUT2D eigenvalue weighted by Gasteiger charge is 2.31. The zero-order chi connectivity index (χ0) is 16.4. The summed E-state index contributed by atoms with van der Waals surface area (Å²) < 4.78 is 1.75. The minimum absolute atomic E-state index is 0.281. The maximum absolute atomic E-state index is 12.2. The van der Waals surface area contributed by atoms with Crippen LogP contribution in [0.4, 0.5) is 4.79 Å². The van der Waals surface area contributed by atoms with Gasteiger partial charge in [-0.3, -0.25) is 4.68 Å². The van der Waals surface area contributed by atoms with Crippen molar-refractivity contribution < 1.29 is 9.90 Å². The maximum Gasteiger partial charge on any atom is 0.315 e. The van der Waals surface area contributed by atoms with Gasteiger partial charge >= 0.3 is 6.03 Å². The molecule has 1 heterocycles. The fourth-order valence-electron chi connectivity index (χ4n) is 3.14. The van der Waals surface area contributed by atoms with Crippen molar-refractivity contribution in [3.63, 3.8) is 0 Å². The van der Waals surface area contributed by atoms with E-state index in [1.54, 1.807) is 4.68 Å². The van der Waals surface area contributed by atoms with E-state index in [9.17, 15) is 9.90 Å². The molecule has 0 radical (unpaired) electrons. The van der Waals surface area contributed by atoms with Crippen molar-refractivity contribution in [1.82, 2.24) is 20.4 Å². The number of urea groups is 1. The van der Waals surface area contributed by atoms with Gasteiger partial charge in [0.1, 0.15) is 0 Å². The Labute approximate surface area is 135 Å². The molecule has 0 bridgehead atoms. The molecular weight excluding hydrogens is 292 g/mol. The molecule has 6 heteroatoms. The van der Waals surface area contributed by atoms with Crippen LogP contribution in [0.25, 0.3) is 0 Å². The third kappa shape index (κ3) is 3.22. The molecule has 1 aromatic heterocycles.